The van der Waals surface area contributed by atoms with Gasteiger partial charge in [0.2, 0.25) is 16.8 Å². The van der Waals surface area contributed by atoms with Crippen molar-refractivity contribution in [3.63, 3.8) is 0 Å². The van der Waals surface area contributed by atoms with Crippen LogP contribution in [-0.2, 0) is 39.7 Å². The van der Waals surface area contributed by atoms with Crippen LogP contribution < -0.4 is 9.46 Å². The molecule has 0 saturated carbocycles. The number of benzene rings is 1. The van der Waals surface area contributed by atoms with E-state index in [0.717, 1.165) is 12.2 Å². The van der Waals surface area contributed by atoms with Crippen LogP contribution in [-0.4, -0.2) is 53.7 Å². The monoisotopic (exact) mass is 555 g/mol. The lowest BCUT2D eigenvalue weighted by atomic mass is 9.88. The number of likely N-dealkylation sites (N-methyl/N-ethyl adjacent to an activating group) is 1. The molecule has 1 aromatic carbocycles. The van der Waals surface area contributed by atoms with Gasteiger partial charge in [-0.2, -0.15) is 13.5 Å². The molecule has 39 heavy (non-hydrogen) atoms. The molecule has 1 N–H and O–H groups in total. The first-order valence-electron chi connectivity index (χ1n) is 13.2. The molecule has 11 heteroatoms. The van der Waals surface area contributed by atoms with Crippen molar-refractivity contribution < 1.29 is 22.3 Å². The highest BCUT2D eigenvalue weighted by Crippen LogP contribution is 2.35. The summed E-state index contributed by atoms with van der Waals surface area (Å²) in [6.07, 6.45) is 1.82. The SMILES string of the molecule is CCN1CCc2c3nn(c2C1)C(C)(C)COc1cc(ccn1)-c1cc(F)cc(C(C)C)c1CC(=O)NS3(=O)=O. The van der Waals surface area contributed by atoms with Crippen molar-refractivity contribution in [1.29, 1.82) is 0 Å². The number of rotatable bonds is 2. The van der Waals surface area contributed by atoms with Crippen molar-refractivity contribution in [2.24, 2.45) is 0 Å². The molecule has 2 aliphatic rings. The van der Waals surface area contributed by atoms with Gasteiger partial charge in [0.15, 0.2) is 0 Å². The van der Waals surface area contributed by atoms with Crippen LogP contribution in [0.15, 0.2) is 35.5 Å². The Hall–Kier alpha value is -3.31. The van der Waals surface area contributed by atoms with Gasteiger partial charge < -0.3 is 4.74 Å². The predicted molar refractivity (Wildman–Crippen MR) is 144 cm³/mol. The summed E-state index contributed by atoms with van der Waals surface area (Å²) in [7, 11) is -4.28. The normalized spacial score (nSPS) is 18.8. The van der Waals surface area contributed by atoms with E-state index in [1.54, 1.807) is 23.0 Å². The molecule has 2 aliphatic heterocycles. The highest BCUT2D eigenvalue weighted by molar-refractivity contribution is 7.90. The summed E-state index contributed by atoms with van der Waals surface area (Å²) in [6.45, 7) is 11.9. The Labute approximate surface area is 228 Å². The number of carbonyl (C=O) groups excluding carboxylic acids is 1. The predicted octanol–water partition coefficient (Wildman–Crippen LogP) is 3.76. The summed E-state index contributed by atoms with van der Waals surface area (Å²) in [5, 5.41) is 4.45. The minimum Gasteiger partial charge on any atom is -0.475 e. The van der Waals surface area contributed by atoms with Gasteiger partial charge in [-0.05, 0) is 73.2 Å². The fraction of sp³-hybridized carbons (Fsp3) is 0.464. The second kappa shape index (κ2) is 10.0. The minimum absolute atomic E-state index is 0.108. The summed E-state index contributed by atoms with van der Waals surface area (Å²) in [6, 6.07) is 6.20. The minimum atomic E-state index is -4.28. The molecule has 5 rings (SSSR count). The van der Waals surface area contributed by atoms with Gasteiger partial charge in [0.25, 0.3) is 10.0 Å². The first-order valence-corrected chi connectivity index (χ1v) is 14.7. The maximum absolute atomic E-state index is 14.8. The Morgan fingerprint density at radius 1 is 1.21 bits per heavy atom. The number of fused-ring (bicyclic) bond motifs is 9. The quantitative estimate of drug-likeness (QED) is 0.513. The van der Waals surface area contributed by atoms with Crippen molar-refractivity contribution in [2.75, 3.05) is 19.7 Å². The van der Waals surface area contributed by atoms with Crippen LogP contribution in [0.25, 0.3) is 11.1 Å². The number of nitrogens with zero attached hydrogens (tertiary/aromatic N) is 4. The molecule has 0 unspecified atom stereocenters. The summed E-state index contributed by atoms with van der Waals surface area (Å²) in [4.78, 5) is 19.9. The second-order valence-electron chi connectivity index (χ2n) is 11.1. The number of halogens is 1. The van der Waals surface area contributed by atoms with Crippen molar-refractivity contribution in [1.82, 2.24) is 24.4 Å². The highest BCUT2D eigenvalue weighted by Gasteiger charge is 2.37. The molecule has 4 bridgehead atoms. The summed E-state index contributed by atoms with van der Waals surface area (Å²) in [5.41, 5.74) is 2.96. The Morgan fingerprint density at radius 3 is 2.69 bits per heavy atom. The van der Waals surface area contributed by atoms with Crippen LogP contribution in [0.2, 0.25) is 0 Å². The van der Waals surface area contributed by atoms with Gasteiger partial charge in [0, 0.05) is 30.9 Å². The topological polar surface area (TPSA) is 106 Å². The van der Waals surface area contributed by atoms with Crippen molar-refractivity contribution in [3.05, 3.63) is 58.7 Å². The molecule has 3 aromatic rings. The second-order valence-corrected chi connectivity index (χ2v) is 12.7. The van der Waals surface area contributed by atoms with E-state index in [-0.39, 0.29) is 24.0 Å². The van der Waals surface area contributed by atoms with E-state index >= 15 is 0 Å². The Bertz CT molecular complexity index is 1550. The van der Waals surface area contributed by atoms with Crippen molar-refractivity contribution >= 4 is 15.9 Å². The van der Waals surface area contributed by atoms with E-state index in [1.165, 1.54) is 12.1 Å². The third-order valence-corrected chi connectivity index (χ3v) is 8.79. The van der Waals surface area contributed by atoms with Gasteiger partial charge in [-0.1, -0.05) is 20.8 Å². The lowest BCUT2D eigenvalue weighted by Crippen LogP contribution is -2.39. The fourth-order valence-electron chi connectivity index (χ4n) is 5.41. The summed E-state index contributed by atoms with van der Waals surface area (Å²) >= 11 is 0. The smallest absolute Gasteiger partial charge is 0.283 e. The number of carbonyl (C=O) groups is 1. The Morgan fingerprint density at radius 2 is 1.97 bits per heavy atom. The zero-order valence-electron chi connectivity index (χ0n) is 22.9. The van der Waals surface area contributed by atoms with E-state index in [2.05, 4.69) is 26.6 Å². The number of aromatic nitrogens is 3. The summed E-state index contributed by atoms with van der Waals surface area (Å²) in [5.74, 6) is -0.923. The maximum Gasteiger partial charge on any atom is 0.283 e. The highest BCUT2D eigenvalue weighted by atomic mass is 32.2. The van der Waals surface area contributed by atoms with Crippen LogP contribution in [0.4, 0.5) is 4.39 Å². The Kier molecular flexibility index (Phi) is 7.00. The molecule has 9 nitrogen and oxygen atoms in total. The molecule has 0 fully saturated rings. The molecule has 2 aromatic heterocycles. The average molecular weight is 556 g/mol. The number of amides is 1. The van der Waals surface area contributed by atoms with Gasteiger partial charge in [-0.25, -0.2) is 14.1 Å². The van der Waals surface area contributed by atoms with Gasteiger partial charge >= 0.3 is 0 Å². The Balaban J connectivity index is 1.70. The molecule has 0 radical (unpaired) electrons. The molecule has 0 saturated heterocycles. The zero-order valence-corrected chi connectivity index (χ0v) is 23.7. The average Bonchev–Trinajstić information content (AvgIpc) is 3.28. The van der Waals surface area contributed by atoms with Crippen LogP contribution in [0.3, 0.4) is 0 Å². The molecule has 0 atom stereocenters. The molecule has 4 heterocycles. The maximum atomic E-state index is 14.8. The van der Waals surface area contributed by atoms with E-state index in [4.69, 9.17) is 4.74 Å². The number of ether oxygens (including phenoxy) is 1. The molecule has 1 amide bonds. The van der Waals surface area contributed by atoms with Crippen LogP contribution in [0.1, 0.15) is 62.9 Å². The lowest BCUT2D eigenvalue weighted by molar-refractivity contribution is -0.118. The number of hydrogen-bond acceptors (Lipinski definition) is 7. The first-order chi connectivity index (χ1) is 18.4. The molecular weight excluding hydrogens is 521 g/mol. The van der Waals surface area contributed by atoms with Gasteiger partial charge in [0.1, 0.15) is 12.4 Å². The molecule has 0 aliphatic carbocycles. The van der Waals surface area contributed by atoms with E-state index in [1.807, 2.05) is 27.7 Å². The first kappa shape index (κ1) is 27.3. The van der Waals surface area contributed by atoms with Crippen LogP contribution >= 0.6 is 0 Å². The fourth-order valence-corrected chi connectivity index (χ4v) is 6.62. The number of nitrogens with one attached hydrogen (secondary N) is 1. The van der Waals surface area contributed by atoms with Gasteiger partial charge in [-0.3, -0.25) is 14.4 Å². The van der Waals surface area contributed by atoms with E-state index in [0.29, 0.717) is 53.2 Å². The largest absolute Gasteiger partial charge is 0.475 e. The molecule has 0 spiro atoms. The number of hydrogen-bond donors (Lipinski definition) is 1. The van der Waals surface area contributed by atoms with E-state index in [9.17, 15) is 17.6 Å². The molecular formula is C28H34FN5O4S. The number of pyridine rings is 1. The van der Waals surface area contributed by atoms with Crippen molar-refractivity contribution in [3.8, 4) is 17.0 Å². The van der Waals surface area contributed by atoms with E-state index < -0.39 is 27.3 Å². The third-order valence-electron chi connectivity index (χ3n) is 7.46. The lowest BCUT2D eigenvalue weighted by Gasteiger charge is -2.31. The molecule has 208 valence electrons. The van der Waals surface area contributed by atoms with Crippen LogP contribution in [0.5, 0.6) is 5.88 Å². The number of sulfonamides is 1. The summed E-state index contributed by atoms with van der Waals surface area (Å²) < 4.78 is 52.1. The van der Waals surface area contributed by atoms with Crippen LogP contribution in [0, 0.1) is 5.82 Å². The zero-order chi connectivity index (χ0) is 28.1. The van der Waals surface area contributed by atoms with Gasteiger partial charge in [-0.15, -0.1) is 0 Å². The van der Waals surface area contributed by atoms with Crippen molar-refractivity contribution in [2.45, 2.75) is 70.5 Å². The third kappa shape index (κ3) is 5.17. The van der Waals surface area contributed by atoms with Gasteiger partial charge in [0.05, 0.1) is 17.7 Å². The standard InChI is InChI=1S/C28H34FN5O4S/c1-6-33-10-8-20-24(15-33)34-28(4,5)16-38-26-11-18(7-9-30-26)22-13-19(29)12-21(17(2)3)23(22)14-25(35)32-39(36,37)27(20)31-34/h7,9,11-13,17H,6,8,10,14-16H2,1-5H3,(H,32,35).